The predicted octanol–water partition coefficient (Wildman–Crippen LogP) is 3.03. The fourth-order valence-electron chi connectivity index (χ4n) is 2.83. The summed E-state index contributed by atoms with van der Waals surface area (Å²) in [6, 6.07) is 4.30. The number of nitrogens with zero attached hydrogens (tertiary/aromatic N) is 3. The molecule has 5 heteroatoms. The second-order valence-electron chi connectivity index (χ2n) is 7.23. The third kappa shape index (κ3) is 6.02. The van der Waals surface area contributed by atoms with E-state index in [4.69, 9.17) is 0 Å². The summed E-state index contributed by atoms with van der Waals surface area (Å²) in [5, 5.41) is 6.70. The summed E-state index contributed by atoms with van der Waals surface area (Å²) in [7, 11) is 1.81. The Kier molecular flexibility index (Phi) is 7.35. The van der Waals surface area contributed by atoms with E-state index in [1.54, 1.807) is 0 Å². The maximum atomic E-state index is 4.64. The molecule has 1 aliphatic heterocycles. The lowest BCUT2D eigenvalue weighted by molar-refractivity contribution is 0.436. The molecule has 0 atom stereocenters. The standard InChI is InChI=1S/C19H33N5/c1-15(2)7-10-21-19(20-4)23-14-17-5-6-18(22-13-17)24-11-8-16(3)9-12-24/h5-6,13,15-16H,7-12,14H2,1-4H3,(H2,20,21,23). The first-order valence-corrected chi connectivity index (χ1v) is 9.23. The van der Waals surface area contributed by atoms with E-state index in [1.165, 1.54) is 18.4 Å². The molecule has 1 fully saturated rings. The number of nitrogens with one attached hydrogen (secondary N) is 2. The van der Waals surface area contributed by atoms with Gasteiger partial charge in [0.2, 0.25) is 0 Å². The fourth-order valence-corrected chi connectivity index (χ4v) is 2.83. The monoisotopic (exact) mass is 331 g/mol. The molecule has 2 rings (SSSR count). The van der Waals surface area contributed by atoms with Gasteiger partial charge in [-0.15, -0.1) is 0 Å². The van der Waals surface area contributed by atoms with Gasteiger partial charge in [-0.1, -0.05) is 26.8 Å². The van der Waals surface area contributed by atoms with Crippen LogP contribution >= 0.6 is 0 Å². The highest BCUT2D eigenvalue weighted by atomic mass is 15.2. The van der Waals surface area contributed by atoms with E-state index >= 15 is 0 Å². The second kappa shape index (κ2) is 9.50. The smallest absolute Gasteiger partial charge is 0.191 e. The Bertz CT molecular complexity index is 501. The van der Waals surface area contributed by atoms with E-state index in [9.17, 15) is 0 Å². The molecule has 5 nitrogen and oxygen atoms in total. The van der Waals surface area contributed by atoms with Crippen LogP contribution < -0.4 is 15.5 Å². The summed E-state index contributed by atoms with van der Waals surface area (Å²) in [4.78, 5) is 11.3. The Hall–Kier alpha value is -1.78. The summed E-state index contributed by atoms with van der Waals surface area (Å²) >= 11 is 0. The summed E-state index contributed by atoms with van der Waals surface area (Å²) in [5.74, 6) is 3.50. The van der Waals surface area contributed by atoms with Crippen molar-refractivity contribution in [2.24, 2.45) is 16.8 Å². The number of hydrogen-bond acceptors (Lipinski definition) is 3. The van der Waals surface area contributed by atoms with E-state index in [0.29, 0.717) is 5.92 Å². The number of piperidine rings is 1. The molecule has 0 bridgehead atoms. The van der Waals surface area contributed by atoms with Crippen molar-refractivity contribution in [2.75, 3.05) is 31.6 Å². The molecule has 0 aromatic carbocycles. The maximum absolute atomic E-state index is 4.64. The molecule has 0 unspecified atom stereocenters. The molecule has 2 heterocycles. The van der Waals surface area contributed by atoms with Gasteiger partial charge in [0.1, 0.15) is 5.82 Å². The Morgan fingerprint density at radius 3 is 2.62 bits per heavy atom. The minimum Gasteiger partial charge on any atom is -0.357 e. The van der Waals surface area contributed by atoms with Crippen LogP contribution in [0.15, 0.2) is 23.3 Å². The van der Waals surface area contributed by atoms with Gasteiger partial charge in [0.25, 0.3) is 0 Å². The Morgan fingerprint density at radius 1 is 1.29 bits per heavy atom. The van der Waals surface area contributed by atoms with Crippen molar-refractivity contribution < 1.29 is 0 Å². The van der Waals surface area contributed by atoms with Gasteiger partial charge < -0.3 is 15.5 Å². The molecular formula is C19H33N5. The van der Waals surface area contributed by atoms with E-state index in [0.717, 1.165) is 50.3 Å². The number of rotatable bonds is 6. The van der Waals surface area contributed by atoms with Gasteiger partial charge in [0.15, 0.2) is 5.96 Å². The van der Waals surface area contributed by atoms with E-state index < -0.39 is 0 Å². The molecule has 0 aliphatic carbocycles. The lowest BCUT2D eigenvalue weighted by Crippen LogP contribution is -2.37. The largest absolute Gasteiger partial charge is 0.357 e. The van der Waals surface area contributed by atoms with Gasteiger partial charge in [-0.25, -0.2) is 4.98 Å². The fraction of sp³-hybridized carbons (Fsp3) is 0.684. The second-order valence-corrected chi connectivity index (χ2v) is 7.23. The highest BCUT2D eigenvalue weighted by Crippen LogP contribution is 2.21. The van der Waals surface area contributed by atoms with Gasteiger partial charge in [-0.3, -0.25) is 4.99 Å². The average Bonchev–Trinajstić information content (AvgIpc) is 2.59. The van der Waals surface area contributed by atoms with E-state index in [1.807, 2.05) is 13.2 Å². The van der Waals surface area contributed by atoms with Crippen molar-refractivity contribution in [2.45, 2.75) is 46.6 Å². The highest BCUT2D eigenvalue weighted by Gasteiger charge is 2.16. The molecule has 24 heavy (non-hydrogen) atoms. The van der Waals surface area contributed by atoms with Crippen molar-refractivity contribution >= 4 is 11.8 Å². The van der Waals surface area contributed by atoms with E-state index in [-0.39, 0.29) is 0 Å². The molecule has 0 amide bonds. The van der Waals surface area contributed by atoms with Crippen LogP contribution in [0.4, 0.5) is 5.82 Å². The Balaban J connectivity index is 1.78. The summed E-state index contributed by atoms with van der Waals surface area (Å²) < 4.78 is 0. The molecule has 1 aromatic rings. The van der Waals surface area contributed by atoms with Crippen LogP contribution in [0.3, 0.4) is 0 Å². The van der Waals surface area contributed by atoms with Crippen LogP contribution in [0.1, 0.15) is 45.6 Å². The number of aliphatic imine (C=N–C) groups is 1. The van der Waals surface area contributed by atoms with Gasteiger partial charge in [-0.05, 0) is 42.7 Å². The first-order valence-electron chi connectivity index (χ1n) is 9.23. The molecule has 0 radical (unpaired) electrons. The van der Waals surface area contributed by atoms with Crippen molar-refractivity contribution in [3.8, 4) is 0 Å². The van der Waals surface area contributed by atoms with Gasteiger partial charge in [0, 0.05) is 39.4 Å². The third-order valence-corrected chi connectivity index (χ3v) is 4.61. The number of hydrogen-bond donors (Lipinski definition) is 2. The van der Waals surface area contributed by atoms with Crippen molar-refractivity contribution in [3.63, 3.8) is 0 Å². The van der Waals surface area contributed by atoms with Crippen LogP contribution in [0.5, 0.6) is 0 Å². The summed E-state index contributed by atoms with van der Waals surface area (Å²) in [6.07, 6.45) is 5.65. The number of aromatic nitrogens is 1. The summed E-state index contributed by atoms with van der Waals surface area (Å²) in [6.45, 7) is 10.7. The normalized spacial score (nSPS) is 16.5. The lowest BCUT2D eigenvalue weighted by Gasteiger charge is -2.31. The average molecular weight is 332 g/mol. The van der Waals surface area contributed by atoms with Gasteiger partial charge in [-0.2, -0.15) is 0 Å². The van der Waals surface area contributed by atoms with Crippen molar-refractivity contribution in [1.82, 2.24) is 15.6 Å². The lowest BCUT2D eigenvalue weighted by atomic mass is 9.99. The van der Waals surface area contributed by atoms with E-state index in [2.05, 4.69) is 58.4 Å². The maximum Gasteiger partial charge on any atom is 0.191 e. The molecule has 1 saturated heterocycles. The first-order chi connectivity index (χ1) is 11.6. The number of guanidine groups is 1. The van der Waals surface area contributed by atoms with Gasteiger partial charge in [0.05, 0.1) is 0 Å². The Labute approximate surface area is 147 Å². The topological polar surface area (TPSA) is 52.6 Å². The minimum absolute atomic E-state index is 0.699. The quantitative estimate of drug-likeness (QED) is 0.621. The zero-order chi connectivity index (χ0) is 17.4. The first kappa shape index (κ1) is 18.6. The van der Waals surface area contributed by atoms with Crippen LogP contribution in [-0.2, 0) is 6.54 Å². The zero-order valence-electron chi connectivity index (χ0n) is 15.7. The number of anilines is 1. The van der Waals surface area contributed by atoms with Crippen LogP contribution in [-0.4, -0.2) is 37.6 Å². The summed E-state index contributed by atoms with van der Waals surface area (Å²) in [5.41, 5.74) is 1.18. The molecule has 0 spiro atoms. The van der Waals surface area contributed by atoms with Crippen molar-refractivity contribution in [1.29, 1.82) is 0 Å². The predicted molar refractivity (Wildman–Crippen MR) is 103 cm³/mol. The molecule has 1 aliphatic rings. The Morgan fingerprint density at radius 2 is 2.04 bits per heavy atom. The molecule has 2 N–H and O–H groups in total. The number of pyridine rings is 1. The minimum atomic E-state index is 0.699. The SMILES string of the molecule is CN=C(NCCC(C)C)NCc1ccc(N2CCC(C)CC2)nc1. The highest BCUT2D eigenvalue weighted by molar-refractivity contribution is 5.79. The zero-order valence-corrected chi connectivity index (χ0v) is 15.7. The van der Waals surface area contributed by atoms with Crippen LogP contribution in [0, 0.1) is 11.8 Å². The van der Waals surface area contributed by atoms with Crippen LogP contribution in [0.2, 0.25) is 0 Å². The third-order valence-electron chi connectivity index (χ3n) is 4.61. The molecule has 1 aromatic heterocycles. The molecular weight excluding hydrogens is 298 g/mol. The van der Waals surface area contributed by atoms with Crippen LogP contribution in [0.25, 0.3) is 0 Å². The van der Waals surface area contributed by atoms with Gasteiger partial charge >= 0.3 is 0 Å². The van der Waals surface area contributed by atoms with Crippen molar-refractivity contribution in [3.05, 3.63) is 23.9 Å². The molecule has 0 saturated carbocycles. The molecule has 134 valence electrons.